The highest BCUT2D eigenvalue weighted by Crippen LogP contribution is 2.27. The number of carbonyl (C=O) groups excluding carboxylic acids is 2. The van der Waals surface area contributed by atoms with E-state index in [0.717, 1.165) is 25.9 Å². The van der Waals surface area contributed by atoms with E-state index in [4.69, 9.17) is 11.6 Å². The van der Waals surface area contributed by atoms with Crippen molar-refractivity contribution in [1.82, 2.24) is 9.88 Å². The van der Waals surface area contributed by atoms with Crippen LogP contribution in [0.5, 0.6) is 0 Å². The number of likely N-dealkylation sites (tertiary alicyclic amines) is 1. The molecule has 9 heteroatoms. The third-order valence-corrected chi connectivity index (χ3v) is 7.28. The zero-order valence-electron chi connectivity index (χ0n) is 17.8. The van der Waals surface area contributed by atoms with Gasteiger partial charge < -0.3 is 15.5 Å². The Bertz CT molecular complexity index is 914. The highest BCUT2D eigenvalue weighted by molar-refractivity contribution is 7.99. The van der Waals surface area contributed by atoms with Crippen LogP contribution in [0.2, 0.25) is 5.02 Å². The van der Waals surface area contributed by atoms with Gasteiger partial charge in [-0.25, -0.2) is 4.98 Å². The standard InChI is InChI=1S/C23H27ClN4O2S.ClH/c24-17-5-6-21(25-15-17)27-23(30)19-3-1-2-4-20(19)26-22(29)16-7-11-28(12-8-16)18-9-13-31-14-10-18;/h1-6,15-16,18H,7-14H2,(H,26,29)(H,25,27,30);1H. The van der Waals surface area contributed by atoms with E-state index in [9.17, 15) is 9.59 Å². The Hall–Kier alpha value is -1.80. The summed E-state index contributed by atoms with van der Waals surface area (Å²) in [6, 6.07) is 11.0. The number of anilines is 2. The van der Waals surface area contributed by atoms with Crippen molar-refractivity contribution >= 4 is 59.1 Å². The molecular weight excluding hydrogens is 467 g/mol. The minimum atomic E-state index is -0.323. The Kier molecular flexibility index (Phi) is 9.22. The Morgan fingerprint density at radius 1 is 1.00 bits per heavy atom. The molecule has 0 saturated carbocycles. The predicted octanol–water partition coefficient (Wildman–Crippen LogP) is 4.96. The Morgan fingerprint density at radius 3 is 2.41 bits per heavy atom. The molecule has 0 bridgehead atoms. The number of piperidine rings is 1. The van der Waals surface area contributed by atoms with Crippen LogP contribution in [0.15, 0.2) is 42.6 Å². The topological polar surface area (TPSA) is 74.3 Å². The van der Waals surface area contributed by atoms with Crippen LogP contribution < -0.4 is 10.6 Å². The lowest BCUT2D eigenvalue weighted by molar-refractivity contribution is -0.121. The maximum Gasteiger partial charge on any atom is 0.258 e. The average molecular weight is 495 g/mol. The highest BCUT2D eigenvalue weighted by Gasteiger charge is 2.30. The molecule has 3 heterocycles. The van der Waals surface area contributed by atoms with Crippen molar-refractivity contribution in [3.63, 3.8) is 0 Å². The lowest BCUT2D eigenvalue weighted by Gasteiger charge is -2.38. The van der Waals surface area contributed by atoms with E-state index in [1.54, 1.807) is 30.3 Å². The summed E-state index contributed by atoms with van der Waals surface area (Å²) in [5.41, 5.74) is 0.926. The predicted molar refractivity (Wildman–Crippen MR) is 134 cm³/mol. The smallest absolute Gasteiger partial charge is 0.258 e. The van der Waals surface area contributed by atoms with Crippen LogP contribution >= 0.6 is 35.8 Å². The summed E-state index contributed by atoms with van der Waals surface area (Å²) in [6.45, 7) is 1.94. The summed E-state index contributed by atoms with van der Waals surface area (Å²) in [4.78, 5) is 32.3. The van der Waals surface area contributed by atoms with E-state index < -0.39 is 0 Å². The van der Waals surface area contributed by atoms with Crippen molar-refractivity contribution in [1.29, 1.82) is 0 Å². The summed E-state index contributed by atoms with van der Waals surface area (Å²) in [7, 11) is 0. The van der Waals surface area contributed by atoms with E-state index in [1.807, 2.05) is 17.8 Å². The number of benzene rings is 1. The van der Waals surface area contributed by atoms with Crippen molar-refractivity contribution in [2.24, 2.45) is 5.92 Å². The number of para-hydroxylation sites is 1. The fourth-order valence-electron chi connectivity index (χ4n) is 4.24. The van der Waals surface area contributed by atoms with Crippen molar-refractivity contribution in [3.8, 4) is 0 Å². The van der Waals surface area contributed by atoms with Crippen molar-refractivity contribution in [2.45, 2.75) is 31.7 Å². The Morgan fingerprint density at radius 2 is 1.72 bits per heavy atom. The molecule has 2 amide bonds. The number of hydrogen-bond acceptors (Lipinski definition) is 5. The second-order valence-electron chi connectivity index (χ2n) is 8.00. The molecule has 2 aliphatic heterocycles. The largest absolute Gasteiger partial charge is 0.325 e. The first kappa shape index (κ1) is 24.8. The zero-order chi connectivity index (χ0) is 21.6. The number of pyridine rings is 1. The van der Waals surface area contributed by atoms with Crippen LogP contribution in [0.3, 0.4) is 0 Å². The zero-order valence-corrected chi connectivity index (χ0v) is 20.1. The molecule has 172 valence electrons. The van der Waals surface area contributed by atoms with Gasteiger partial charge in [-0.1, -0.05) is 23.7 Å². The van der Waals surface area contributed by atoms with Crippen LogP contribution in [0.25, 0.3) is 0 Å². The number of nitrogens with zero attached hydrogens (tertiary/aromatic N) is 2. The summed E-state index contributed by atoms with van der Waals surface area (Å²) in [6.07, 6.45) is 5.71. The minimum absolute atomic E-state index is 0. The molecule has 2 fully saturated rings. The van der Waals surface area contributed by atoms with Gasteiger partial charge in [-0.3, -0.25) is 9.59 Å². The number of halogens is 2. The van der Waals surface area contributed by atoms with Gasteiger partial charge in [-0.15, -0.1) is 12.4 Å². The molecule has 1 aromatic heterocycles. The maximum atomic E-state index is 12.9. The van der Waals surface area contributed by atoms with Crippen LogP contribution in [-0.4, -0.2) is 52.3 Å². The van der Waals surface area contributed by atoms with E-state index in [1.165, 1.54) is 30.5 Å². The lowest BCUT2D eigenvalue weighted by atomic mass is 9.93. The van der Waals surface area contributed by atoms with Gasteiger partial charge in [-0.2, -0.15) is 11.8 Å². The number of nitrogens with one attached hydrogen (secondary N) is 2. The second-order valence-corrected chi connectivity index (χ2v) is 9.67. The fourth-order valence-corrected chi connectivity index (χ4v) is 5.43. The normalized spacial score (nSPS) is 17.9. The van der Waals surface area contributed by atoms with Crippen LogP contribution in [0.1, 0.15) is 36.0 Å². The van der Waals surface area contributed by atoms with Gasteiger partial charge in [0.05, 0.1) is 16.3 Å². The second kappa shape index (κ2) is 11.9. The number of thioether (sulfide) groups is 1. The number of amides is 2. The number of rotatable bonds is 5. The minimum Gasteiger partial charge on any atom is -0.325 e. The summed E-state index contributed by atoms with van der Waals surface area (Å²) in [5, 5.41) is 6.24. The molecule has 0 radical (unpaired) electrons. The van der Waals surface area contributed by atoms with Gasteiger partial charge in [0.25, 0.3) is 5.91 Å². The van der Waals surface area contributed by atoms with Crippen molar-refractivity contribution in [3.05, 3.63) is 53.2 Å². The average Bonchev–Trinajstić information content (AvgIpc) is 2.81. The molecule has 32 heavy (non-hydrogen) atoms. The fraction of sp³-hybridized carbons (Fsp3) is 0.435. The molecule has 2 aromatic rings. The van der Waals surface area contributed by atoms with Gasteiger partial charge in [0.15, 0.2) is 0 Å². The third-order valence-electron chi connectivity index (χ3n) is 6.01. The molecule has 0 spiro atoms. The number of aromatic nitrogens is 1. The van der Waals surface area contributed by atoms with Crippen LogP contribution in [-0.2, 0) is 4.79 Å². The van der Waals surface area contributed by atoms with E-state index in [0.29, 0.717) is 28.1 Å². The molecule has 0 unspecified atom stereocenters. The molecule has 2 saturated heterocycles. The van der Waals surface area contributed by atoms with E-state index >= 15 is 0 Å². The number of carbonyl (C=O) groups is 2. The van der Waals surface area contributed by atoms with E-state index in [-0.39, 0.29) is 30.1 Å². The molecule has 0 aliphatic carbocycles. The quantitative estimate of drug-likeness (QED) is 0.614. The van der Waals surface area contributed by atoms with Crippen molar-refractivity contribution in [2.75, 3.05) is 35.2 Å². The molecule has 2 N–H and O–H groups in total. The summed E-state index contributed by atoms with van der Waals surface area (Å²) >= 11 is 7.89. The van der Waals surface area contributed by atoms with Gasteiger partial charge in [0, 0.05) is 18.2 Å². The van der Waals surface area contributed by atoms with Crippen LogP contribution in [0.4, 0.5) is 11.5 Å². The highest BCUT2D eigenvalue weighted by atomic mass is 35.5. The third kappa shape index (κ3) is 6.38. The van der Waals surface area contributed by atoms with Gasteiger partial charge in [0.1, 0.15) is 5.82 Å². The summed E-state index contributed by atoms with van der Waals surface area (Å²) in [5.74, 6) is 2.54. The van der Waals surface area contributed by atoms with Gasteiger partial charge in [-0.05, 0) is 74.5 Å². The Labute approximate surface area is 204 Å². The maximum absolute atomic E-state index is 12.9. The van der Waals surface area contributed by atoms with E-state index in [2.05, 4.69) is 20.5 Å². The molecule has 6 nitrogen and oxygen atoms in total. The van der Waals surface area contributed by atoms with Gasteiger partial charge >= 0.3 is 0 Å². The molecular formula is C23H28Cl2N4O2S. The van der Waals surface area contributed by atoms with Crippen LogP contribution in [0, 0.1) is 5.92 Å². The first-order valence-corrected chi connectivity index (χ1v) is 12.3. The molecule has 2 aliphatic rings. The SMILES string of the molecule is Cl.O=C(Nc1ccc(Cl)cn1)c1ccccc1NC(=O)C1CCN(C2CCSCC2)CC1. The Balaban J connectivity index is 0.00000289. The molecule has 0 atom stereocenters. The summed E-state index contributed by atoms with van der Waals surface area (Å²) < 4.78 is 0. The van der Waals surface area contributed by atoms with Crippen molar-refractivity contribution < 1.29 is 9.59 Å². The first-order valence-electron chi connectivity index (χ1n) is 10.7. The number of hydrogen-bond donors (Lipinski definition) is 2. The monoisotopic (exact) mass is 494 g/mol. The van der Waals surface area contributed by atoms with Gasteiger partial charge in [0.2, 0.25) is 5.91 Å². The molecule has 1 aromatic carbocycles. The molecule has 4 rings (SSSR count). The first-order chi connectivity index (χ1) is 15.1. The lowest BCUT2D eigenvalue weighted by Crippen LogP contribution is -2.45.